The fourth-order valence-electron chi connectivity index (χ4n) is 1.91. The van der Waals surface area contributed by atoms with E-state index in [0.29, 0.717) is 0 Å². The molecule has 13 heavy (non-hydrogen) atoms. The predicted molar refractivity (Wildman–Crippen MR) is 74.2 cm³/mol. The van der Waals surface area contributed by atoms with Crippen LogP contribution in [0.3, 0.4) is 0 Å². The maximum absolute atomic E-state index is 6.11. The first-order valence-electron chi connectivity index (χ1n) is 5.20. The predicted octanol–water partition coefficient (Wildman–Crippen LogP) is 3.75. The molecule has 0 aromatic heterocycles. The summed E-state index contributed by atoms with van der Waals surface area (Å²) in [6.45, 7) is 14.9. The zero-order chi connectivity index (χ0) is 10.7. The van der Waals surface area contributed by atoms with E-state index in [-0.39, 0.29) is 0 Å². The molecule has 0 atom stereocenters. The molecule has 4 heteroatoms. The Labute approximate surface area is 95.6 Å². The molecule has 0 aliphatic carbocycles. The summed E-state index contributed by atoms with van der Waals surface area (Å²) in [5.74, 6) is 0. The standard InChI is InChI=1S/C9H25ClGeSi2/c1-12(2,3)8-11(7-10)9-13(4,5)6/h11H,7-9H2,1-6H3. The van der Waals surface area contributed by atoms with Crippen molar-refractivity contribution in [1.82, 2.24) is 0 Å². The quantitative estimate of drug-likeness (QED) is 0.535. The Kier molecular flexibility index (Phi) is 5.90. The Balaban J connectivity index is 4.05. The summed E-state index contributed by atoms with van der Waals surface area (Å²) in [7, 11) is -1.64. The van der Waals surface area contributed by atoms with Gasteiger partial charge in [0.05, 0.1) is 0 Å². The molecule has 0 aliphatic heterocycles. The van der Waals surface area contributed by atoms with Crippen molar-refractivity contribution in [3.05, 3.63) is 0 Å². The van der Waals surface area contributed by atoms with Gasteiger partial charge in [-0.15, -0.1) is 0 Å². The molecule has 0 bridgehead atoms. The van der Waals surface area contributed by atoms with Crippen LogP contribution in [0.25, 0.3) is 0 Å². The fourth-order valence-corrected chi connectivity index (χ4v) is 35.5. The van der Waals surface area contributed by atoms with Gasteiger partial charge in [-0.1, -0.05) is 0 Å². The Bertz CT molecular complexity index is 133. The molecule has 0 rings (SSSR count). The van der Waals surface area contributed by atoms with E-state index < -0.39 is 30.5 Å². The number of rotatable bonds is 5. The van der Waals surface area contributed by atoms with Crippen LogP contribution in [0.15, 0.2) is 0 Å². The normalized spacial score (nSPS) is 13.8. The zero-order valence-corrected chi connectivity index (χ0v) is 15.3. The van der Waals surface area contributed by atoms with Gasteiger partial charge in [0.25, 0.3) is 0 Å². The van der Waals surface area contributed by atoms with E-state index in [4.69, 9.17) is 11.6 Å². The van der Waals surface area contributed by atoms with Gasteiger partial charge in [-0.3, -0.25) is 0 Å². The van der Waals surface area contributed by atoms with Crippen molar-refractivity contribution in [2.45, 2.75) is 49.0 Å². The van der Waals surface area contributed by atoms with Gasteiger partial charge in [-0.25, -0.2) is 0 Å². The molecule has 80 valence electrons. The maximum atomic E-state index is 6.11. The number of alkyl halides is 1. The second-order valence-corrected chi connectivity index (χ2v) is 28.6. The van der Waals surface area contributed by atoms with Crippen molar-refractivity contribution in [3.8, 4) is 0 Å². The van der Waals surface area contributed by atoms with Gasteiger partial charge in [0, 0.05) is 0 Å². The second-order valence-electron chi connectivity index (χ2n) is 6.55. The van der Waals surface area contributed by atoms with Gasteiger partial charge in [-0.2, -0.15) is 0 Å². The van der Waals surface area contributed by atoms with Crippen LogP contribution >= 0.6 is 11.6 Å². The van der Waals surface area contributed by atoms with E-state index in [1.54, 1.807) is 9.75 Å². The SMILES string of the molecule is C[Si](C)(C)[CH2][GeH]([CH2]Cl)[CH2][Si](C)(C)C. The van der Waals surface area contributed by atoms with Crippen molar-refractivity contribution in [2.24, 2.45) is 0 Å². The van der Waals surface area contributed by atoms with Crippen LogP contribution in [0.1, 0.15) is 0 Å². The molecule has 0 spiro atoms. The van der Waals surface area contributed by atoms with Gasteiger partial charge in [0.2, 0.25) is 0 Å². The summed E-state index contributed by atoms with van der Waals surface area (Å²) in [5.41, 5.74) is 0. The molecule has 0 heterocycles. The van der Waals surface area contributed by atoms with Gasteiger partial charge in [0.1, 0.15) is 0 Å². The first-order chi connectivity index (χ1) is 5.64. The van der Waals surface area contributed by atoms with E-state index in [9.17, 15) is 0 Å². The average Bonchev–Trinajstić information content (AvgIpc) is 1.79. The number of hydrogen-bond acceptors (Lipinski definition) is 0. The first-order valence-corrected chi connectivity index (χ1v) is 18.3. The molecule has 0 unspecified atom stereocenters. The third-order valence-corrected chi connectivity index (χ3v) is 31.5. The van der Waals surface area contributed by atoms with Crippen molar-refractivity contribution in [1.29, 1.82) is 0 Å². The summed E-state index contributed by atoms with van der Waals surface area (Å²) >= 11 is 5.06. The Hall–Kier alpha value is 1.27. The van der Waals surface area contributed by atoms with E-state index in [0.717, 1.165) is 4.71 Å². The van der Waals surface area contributed by atoms with Crippen LogP contribution in [0.2, 0.25) is 49.0 Å². The summed E-state index contributed by atoms with van der Waals surface area (Å²) in [4.78, 5) is 3.18. The Morgan fingerprint density at radius 2 is 1.15 bits per heavy atom. The van der Waals surface area contributed by atoms with Crippen LogP contribution in [0.5, 0.6) is 0 Å². The monoisotopic (exact) mass is 298 g/mol. The minimum atomic E-state index is -1.05. The van der Waals surface area contributed by atoms with Crippen LogP contribution in [0.4, 0.5) is 0 Å². The molecule has 0 saturated heterocycles. The van der Waals surface area contributed by atoms with Gasteiger partial charge < -0.3 is 0 Å². The minimum absolute atomic E-state index is 0.820. The van der Waals surface area contributed by atoms with Crippen LogP contribution in [0, 0.1) is 0 Å². The van der Waals surface area contributed by atoms with Crippen LogP contribution in [-0.4, -0.2) is 35.2 Å². The average molecular weight is 298 g/mol. The van der Waals surface area contributed by atoms with E-state index >= 15 is 0 Å². The molecule has 0 saturated carbocycles. The number of halogens is 1. The molecular weight excluding hydrogens is 272 g/mol. The van der Waals surface area contributed by atoms with Gasteiger partial charge in [-0.05, 0) is 0 Å². The summed E-state index contributed by atoms with van der Waals surface area (Å²) in [6, 6.07) is 0. The second kappa shape index (κ2) is 5.38. The molecule has 0 fully saturated rings. The Morgan fingerprint density at radius 1 is 0.846 bits per heavy atom. The van der Waals surface area contributed by atoms with Gasteiger partial charge >= 0.3 is 95.8 Å². The van der Waals surface area contributed by atoms with Crippen molar-refractivity contribution in [3.63, 3.8) is 0 Å². The van der Waals surface area contributed by atoms with E-state index in [2.05, 4.69) is 39.3 Å². The summed E-state index contributed by atoms with van der Waals surface area (Å²) < 4.78 is 1.06. The first kappa shape index (κ1) is 14.3. The molecule has 0 aliphatic rings. The van der Waals surface area contributed by atoms with Crippen molar-refractivity contribution < 1.29 is 0 Å². The molecule has 0 N–H and O–H groups in total. The van der Waals surface area contributed by atoms with E-state index in [1.807, 2.05) is 0 Å². The molecule has 0 aromatic carbocycles. The Morgan fingerprint density at radius 3 is 1.31 bits per heavy atom. The van der Waals surface area contributed by atoms with Gasteiger partial charge in [0.15, 0.2) is 0 Å². The summed E-state index contributed by atoms with van der Waals surface area (Å²) in [5, 5.41) is 0. The topological polar surface area (TPSA) is 0 Å². The van der Waals surface area contributed by atoms with Crippen LogP contribution in [-0.2, 0) is 0 Å². The number of hydrogen-bond donors (Lipinski definition) is 0. The molecule has 0 nitrogen and oxygen atoms in total. The molecular formula is C9H25ClGeSi2. The summed E-state index contributed by atoms with van der Waals surface area (Å²) in [6.07, 6.45) is 0. The third-order valence-electron chi connectivity index (χ3n) is 2.02. The van der Waals surface area contributed by atoms with Crippen molar-refractivity contribution >= 4 is 42.1 Å². The fraction of sp³-hybridized carbons (Fsp3) is 1.00. The van der Waals surface area contributed by atoms with Crippen molar-refractivity contribution in [2.75, 3.05) is 4.71 Å². The zero-order valence-electron chi connectivity index (χ0n) is 10.1. The third kappa shape index (κ3) is 9.57. The van der Waals surface area contributed by atoms with E-state index in [1.165, 1.54) is 0 Å². The molecule has 0 aromatic rings. The van der Waals surface area contributed by atoms with Crippen LogP contribution < -0.4 is 0 Å². The molecule has 0 radical (unpaired) electrons. The molecule has 0 amide bonds.